The summed E-state index contributed by atoms with van der Waals surface area (Å²) >= 11 is 0. The van der Waals surface area contributed by atoms with Gasteiger partial charge in [0.1, 0.15) is 11.5 Å². The Morgan fingerprint density at radius 2 is 1.00 bits per heavy atom. The number of hydrogen-bond acceptors (Lipinski definition) is 1. The monoisotopic (exact) mass is 398 g/mol. The highest BCUT2D eigenvalue weighted by Crippen LogP contribution is 2.48. The molecule has 0 fully saturated rings. The van der Waals surface area contributed by atoms with Gasteiger partial charge in [-0.15, -0.1) is 0 Å². The van der Waals surface area contributed by atoms with Crippen molar-refractivity contribution in [1.29, 1.82) is 0 Å². The molecule has 2 aliphatic rings. The van der Waals surface area contributed by atoms with Gasteiger partial charge in [-0.25, -0.2) is 0 Å². The van der Waals surface area contributed by atoms with Gasteiger partial charge < -0.3 is 4.74 Å². The molecule has 0 atom stereocenters. The molecule has 4 aromatic carbocycles. The van der Waals surface area contributed by atoms with Gasteiger partial charge in [0.25, 0.3) is 0 Å². The van der Waals surface area contributed by atoms with E-state index in [1.165, 1.54) is 44.5 Å². The molecule has 0 saturated heterocycles. The third-order valence-corrected chi connectivity index (χ3v) is 6.58. The lowest BCUT2D eigenvalue weighted by Crippen LogP contribution is -1.99. The summed E-state index contributed by atoms with van der Waals surface area (Å²) in [5, 5.41) is 0. The van der Waals surface area contributed by atoms with Gasteiger partial charge in [0.2, 0.25) is 0 Å². The van der Waals surface area contributed by atoms with Crippen LogP contribution in [0.3, 0.4) is 0 Å². The van der Waals surface area contributed by atoms with Gasteiger partial charge in [-0.2, -0.15) is 0 Å². The van der Waals surface area contributed by atoms with E-state index in [-0.39, 0.29) is 0 Å². The van der Waals surface area contributed by atoms with Crippen LogP contribution in [0.5, 0.6) is 11.5 Å². The Morgan fingerprint density at radius 1 is 0.548 bits per heavy atom. The Labute approximate surface area is 183 Å². The summed E-state index contributed by atoms with van der Waals surface area (Å²) in [6.07, 6.45) is 5.54. The molecular weight excluding hydrogens is 376 g/mol. The molecule has 148 valence electrons. The van der Waals surface area contributed by atoms with Crippen molar-refractivity contribution in [2.75, 3.05) is 0 Å². The molecule has 0 radical (unpaired) electrons. The Morgan fingerprint density at radius 3 is 1.45 bits per heavy atom. The normalized spacial score (nSPS) is 12.5. The van der Waals surface area contributed by atoms with E-state index >= 15 is 0 Å². The predicted molar refractivity (Wildman–Crippen MR) is 130 cm³/mol. The number of benzene rings is 4. The highest BCUT2D eigenvalue weighted by Gasteiger charge is 2.27. The van der Waals surface area contributed by atoms with Crippen LogP contribution < -0.4 is 4.74 Å². The largest absolute Gasteiger partial charge is 0.455 e. The summed E-state index contributed by atoms with van der Waals surface area (Å²) in [6.45, 7) is 8.11. The molecule has 0 heterocycles. The highest BCUT2D eigenvalue weighted by molar-refractivity contribution is 5.84. The van der Waals surface area contributed by atoms with Crippen molar-refractivity contribution in [2.24, 2.45) is 0 Å². The van der Waals surface area contributed by atoms with Crippen molar-refractivity contribution in [3.63, 3.8) is 0 Å². The molecular formula is C30H22O. The van der Waals surface area contributed by atoms with Crippen molar-refractivity contribution < 1.29 is 4.74 Å². The zero-order chi connectivity index (χ0) is 20.9. The van der Waals surface area contributed by atoms with E-state index in [2.05, 4.69) is 86.0 Å². The van der Waals surface area contributed by atoms with E-state index in [9.17, 15) is 0 Å². The van der Waals surface area contributed by atoms with Gasteiger partial charge in [-0.3, -0.25) is 0 Å². The first-order valence-electron chi connectivity index (χ1n) is 10.7. The maximum Gasteiger partial charge on any atom is 0.138 e. The second-order valence-corrected chi connectivity index (χ2v) is 8.20. The van der Waals surface area contributed by atoms with Crippen molar-refractivity contribution in [2.45, 2.75) is 12.8 Å². The molecule has 1 heteroatoms. The summed E-state index contributed by atoms with van der Waals surface area (Å²) < 4.78 is 6.83. The predicted octanol–water partition coefficient (Wildman–Crippen LogP) is 7.91. The Hall–Kier alpha value is -3.84. The molecule has 0 aliphatic heterocycles. The molecule has 0 spiro atoms. The molecule has 6 rings (SSSR count). The van der Waals surface area contributed by atoms with E-state index in [0.29, 0.717) is 0 Å². The Bertz CT molecular complexity index is 1280. The van der Waals surface area contributed by atoms with Gasteiger partial charge >= 0.3 is 0 Å². The molecule has 0 unspecified atom stereocenters. The molecule has 2 aliphatic carbocycles. The first-order valence-corrected chi connectivity index (χ1v) is 10.7. The van der Waals surface area contributed by atoms with Crippen LogP contribution in [0.2, 0.25) is 0 Å². The van der Waals surface area contributed by atoms with Crippen molar-refractivity contribution in [3.8, 4) is 33.8 Å². The standard InChI is InChI=1S/C30H22O/c1-3-19-13-15-25-23-11-7-5-9-21(23)17-27(25)29(19)31-30-20(4-2)14-16-26-24-12-8-6-10-22(24)18-28(26)30/h3-16H,1-2,17-18H2. The maximum absolute atomic E-state index is 6.83. The fourth-order valence-corrected chi connectivity index (χ4v) is 5.07. The molecule has 0 amide bonds. The molecule has 0 saturated carbocycles. The van der Waals surface area contributed by atoms with Gasteiger partial charge in [-0.1, -0.05) is 98.1 Å². The average molecular weight is 399 g/mol. The van der Waals surface area contributed by atoms with Gasteiger partial charge in [0, 0.05) is 35.1 Å². The third kappa shape index (κ3) is 2.63. The molecule has 4 aromatic rings. The summed E-state index contributed by atoms with van der Waals surface area (Å²) in [6, 6.07) is 25.9. The fraction of sp³-hybridized carbons (Fsp3) is 0.0667. The van der Waals surface area contributed by atoms with E-state index in [1.807, 2.05) is 12.2 Å². The van der Waals surface area contributed by atoms with Crippen LogP contribution in [-0.2, 0) is 12.8 Å². The van der Waals surface area contributed by atoms with Crippen LogP contribution in [0.4, 0.5) is 0 Å². The van der Waals surface area contributed by atoms with Crippen molar-refractivity contribution in [1.82, 2.24) is 0 Å². The number of fused-ring (bicyclic) bond motifs is 6. The lowest BCUT2D eigenvalue weighted by atomic mass is 10.00. The van der Waals surface area contributed by atoms with Crippen LogP contribution in [0, 0.1) is 0 Å². The SMILES string of the molecule is C=Cc1ccc2c(c1Oc1c(C=C)ccc3c1Cc1ccccc1-3)Cc1ccccc1-2. The molecule has 0 bridgehead atoms. The summed E-state index contributed by atoms with van der Waals surface area (Å²) in [5.41, 5.74) is 12.3. The third-order valence-electron chi connectivity index (χ3n) is 6.58. The summed E-state index contributed by atoms with van der Waals surface area (Å²) in [7, 11) is 0. The molecule has 31 heavy (non-hydrogen) atoms. The van der Waals surface area contributed by atoms with E-state index in [4.69, 9.17) is 4.74 Å². The van der Waals surface area contributed by atoms with E-state index in [1.54, 1.807) is 0 Å². The van der Waals surface area contributed by atoms with Crippen molar-refractivity contribution in [3.05, 3.63) is 119 Å². The lowest BCUT2D eigenvalue weighted by molar-refractivity contribution is 0.471. The zero-order valence-electron chi connectivity index (χ0n) is 17.3. The first-order chi connectivity index (χ1) is 15.3. The minimum Gasteiger partial charge on any atom is -0.455 e. The fourth-order valence-electron chi connectivity index (χ4n) is 5.07. The van der Waals surface area contributed by atoms with E-state index in [0.717, 1.165) is 35.5 Å². The van der Waals surface area contributed by atoms with Gasteiger partial charge in [0.05, 0.1) is 0 Å². The smallest absolute Gasteiger partial charge is 0.138 e. The quantitative estimate of drug-likeness (QED) is 0.293. The number of hydrogen-bond donors (Lipinski definition) is 0. The molecule has 0 aromatic heterocycles. The van der Waals surface area contributed by atoms with Gasteiger partial charge in [0.15, 0.2) is 0 Å². The lowest BCUT2D eigenvalue weighted by Gasteiger charge is -2.18. The van der Waals surface area contributed by atoms with Crippen LogP contribution in [-0.4, -0.2) is 0 Å². The summed E-state index contributed by atoms with van der Waals surface area (Å²) in [5.74, 6) is 1.83. The van der Waals surface area contributed by atoms with Gasteiger partial charge in [-0.05, 0) is 33.4 Å². The zero-order valence-corrected chi connectivity index (χ0v) is 17.3. The van der Waals surface area contributed by atoms with Crippen LogP contribution in [0.15, 0.2) is 86.0 Å². The van der Waals surface area contributed by atoms with Crippen LogP contribution in [0.25, 0.3) is 34.4 Å². The second kappa shape index (κ2) is 6.85. The minimum absolute atomic E-state index is 0.876. The second-order valence-electron chi connectivity index (χ2n) is 8.20. The first kappa shape index (κ1) is 18.0. The number of ether oxygens (including phenoxy) is 1. The maximum atomic E-state index is 6.83. The van der Waals surface area contributed by atoms with Crippen molar-refractivity contribution >= 4 is 12.2 Å². The highest BCUT2D eigenvalue weighted by atomic mass is 16.5. The number of rotatable bonds is 4. The average Bonchev–Trinajstić information content (AvgIpc) is 3.38. The molecule has 0 N–H and O–H groups in total. The topological polar surface area (TPSA) is 9.23 Å². The van der Waals surface area contributed by atoms with Crippen LogP contribution >= 0.6 is 0 Å². The van der Waals surface area contributed by atoms with E-state index < -0.39 is 0 Å². The summed E-state index contributed by atoms with van der Waals surface area (Å²) in [4.78, 5) is 0. The Balaban J connectivity index is 1.53. The van der Waals surface area contributed by atoms with Crippen LogP contribution in [0.1, 0.15) is 33.4 Å². The minimum atomic E-state index is 0.876. The Kier molecular flexibility index (Phi) is 3.97. The molecule has 1 nitrogen and oxygen atoms in total.